The lowest BCUT2D eigenvalue weighted by molar-refractivity contribution is -0.132. The van der Waals surface area contributed by atoms with Gasteiger partial charge in [-0.15, -0.1) is 0 Å². The SMILES string of the molecule is Cc1ccccc1C(=O)NCC(=O)N(C)CC(=O)Nc1ccccc1. The fraction of sp³-hybridized carbons (Fsp3) is 0.211. The maximum absolute atomic E-state index is 12.1. The summed E-state index contributed by atoms with van der Waals surface area (Å²) in [4.78, 5) is 37.4. The number of para-hydroxylation sites is 1. The van der Waals surface area contributed by atoms with E-state index >= 15 is 0 Å². The Morgan fingerprint density at radius 2 is 1.60 bits per heavy atom. The molecule has 0 bridgehead atoms. The van der Waals surface area contributed by atoms with Crippen molar-refractivity contribution >= 4 is 23.4 Å². The number of likely N-dealkylation sites (N-methyl/N-ethyl adjacent to an activating group) is 1. The van der Waals surface area contributed by atoms with E-state index < -0.39 is 0 Å². The molecule has 25 heavy (non-hydrogen) atoms. The van der Waals surface area contributed by atoms with Gasteiger partial charge in [-0.25, -0.2) is 0 Å². The molecule has 0 aromatic heterocycles. The molecule has 2 N–H and O–H groups in total. The molecule has 0 heterocycles. The van der Waals surface area contributed by atoms with E-state index in [-0.39, 0.29) is 30.8 Å². The molecule has 0 saturated heterocycles. The number of carbonyl (C=O) groups is 3. The zero-order valence-corrected chi connectivity index (χ0v) is 14.3. The van der Waals surface area contributed by atoms with Crippen molar-refractivity contribution in [1.29, 1.82) is 0 Å². The molecule has 2 aromatic rings. The Balaban J connectivity index is 1.81. The van der Waals surface area contributed by atoms with Gasteiger partial charge in [-0.2, -0.15) is 0 Å². The number of nitrogens with one attached hydrogen (secondary N) is 2. The molecule has 130 valence electrons. The summed E-state index contributed by atoms with van der Waals surface area (Å²) < 4.78 is 0. The molecule has 2 aromatic carbocycles. The zero-order chi connectivity index (χ0) is 18.2. The molecule has 6 heteroatoms. The van der Waals surface area contributed by atoms with Crippen molar-refractivity contribution in [3.8, 4) is 0 Å². The maximum atomic E-state index is 12.1. The van der Waals surface area contributed by atoms with Crippen LogP contribution in [0.5, 0.6) is 0 Å². The maximum Gasteiger partial charge on any atom is 0.251 e. The van der Waals surface area contributed by atoms with E-state index in [0.29, 0.717) is 11.3 Å². The summed E-state index contributed by atoms with van der Waals surface area (Å²) in [6.45, 7) is 1.58. The number of carbonyl (C=O) groups excluding carboxylic acids is 3. The van der Waals surface area contributed by atoms with Crippen molar-refractivity contribution in [2.24, 2.45) is 0 Å². The van der Waals surface area contributed by atoms with Crippen molar-refractivity contribution in [3.63, 3.8) is 0 Å². The third-order valence-electron chi connectivity index (χ3n) is 3.65. The molecule has 0 unspecified atom stereocenters. The van der Waals surface area contributed by atoms with Gasteiger partial charge in [0.25, 0.3) is 5.91 Å². The van der Waals surface area contributed by atoms with E-state index in [1.165, 1.54) is 11.9 Å². The highest BCUT2D eigenvalue weighted by Crippen LogP contribution is 2.06. The van der Waals surface area contributed by atoms with Gasteiger partial charge in [0.1, 0.15) is 0 Å². The van der Waals surface area contributed by atoms with E-state index in [0.717, 1.165) is 5.56 Å². The number of nitrogens with zero attached hydrogens (tertiary/aromatic N) is 1. The van der Waals surface area contributed by atoms with Crippen molar-refractivity contribution < 1.29 is 14.4 Å². The summed E-state index contributed by atoms with van der Waals surface area (Å²) in [6, 6.07) is 16.1. The third kappa shape index (κ3) is 5.46. The Kier molecular flexibility index (Phi) is 6.28. The van der Waals surface area contributed by atoms with Crippen LogP contribution in [0.3, 0.4) is 0 Å². The van der Waals surface area contributed by atoms with E-state index in [1.54, 1.807) is 24.3 Å². The lowest BCUT2D eigenvalue weighted by Crippen LogP contribution is -2.41. The highest BCUT2D eigenvalue weighted by atomic mass is 16.2. The van der Waals surface area contributed by atoms with Crippen molar-refractivity contribution in [2.45, 2.75) is 6.92 Å². The minimum atomic E-state index is -0.342. The van der Waals surface area contributed by atoms with Crippen LogP contribution in [0.2, 0.25) is 0 Å². The van der Waals surface area contributed by atoms with Crippen LogP contribution < -0.4 is 10.6 Å². The minimum Gasteiger partial charge on any atom is -0.343 e. The normalized spacial score (nSPS) is 10.0. The number of rotatable bonds is 6. The van der Waals surface area contributed by atoms with Crippen LogP contribution in [0.15, 0.2) is 54.6 Å². The Morgan fingerprint density at radius 3 is 2.28 bits per heavy atom. The molecule has 0 aliphatic rings. The fourth-order valence-corrected chi connectivity index (χ4v) is 2.24. The average Bonchev–Trinajstić information content (AvgIpc) is 2.60. The predicted molar refractivity (Wildman–Crippen MR) is 96.2 cm³/mol. The lowest BCUT2D eigenvalue weighted by Gasteiger charge is -2.17. The summed E-state index contributed by atoms with van der Waals surface area (Å²) in [5.41, 5.74) is 2.03. The van der Waals surface area contributed by atoms with Crippen LogP contribution in [-0.2, 0) is 9.59 Å². The molecule has 0 fully saturated rings. The van der Waals surface area contributed by atoms with Gasteiger partial charge in [-0.1, -0.05) is 36.4 Å². The van der Waals surface area contributed by atoms with Gasteiger partial charge >= 0.3 is 0 Å². The van der Waals surface area contributed by atoms with Crippen LogP contribution in [0.25, 0.3) is 0 Å². The lowest BCUT2D eigenvalue weighted by atomic mass is 10.1. The van der Waals surface area contributed by atoms with Crippen molar-refractivity contribution in [1.82, 2.24) is 10.2 Å². The molecular weight excluding hydrogens is 318 g/mol. The first-order chi connectivity index (χ1) is 12.0. The first-order valence-electron chi connectivity index (χ1n) is 7.90. The first-order valence-corrected chi connectivity index (χ1v) is 7.90. The van der Waals surface area contributed by atoms with Crippen molar-refractivity contribution in [2.75, 3.05) is 25.5 Å². The smallest absolute Gasteiger partial charge is 0.251 e. The molecular formula is C19H21N3O3. The van der Waals surface area contributed by atoms with Gasteiger partial charge in [-0.3, -0.25) is 14.4 Å². The second kappa shape index (κ2) is 8.63. The number of anilines is 1. The molecule has 6 nitrogen and oxygen atoms in total. The van der Waals surface area contributed by atoms with E-state index in [1.807, 2.05) is 37.3 Å². The Hall–Kier alpha value is -3.15. The Morgan fingerprint density at radius 1 is 0.960 bits per heavy atom. The molecule has 0 aliphatic heterocycles. The van der Waals surface area contributed by atoms with Gasteiger partial charge < -0.3 is 15.5 Å². The summed E-state index contributed by atoms with van der Waals surface area (Å²) in [5.74, 6) is -0.953. The van der Waals surface area contributed by atoms with Crippen LogP contribution in [0, 0.1) is 6.92 Å². The summed E-state index contributed by atoms with van der Waals surface area (Å²) >= 11 is 0. The third-order valence-corrected chi connectivity index (χ3v) is 3.65. The largest absolute Gasteiger partial charge is 0.343 e. The number of aryl methyl sites for hydroxylation is 1. The van der Waals surface area contributed by atoms with Gasteiger partial charge in [0.05, 0.1) is 13.1 Å². The van der Waals surface area contributed by atoms with Crippen LogP contribution in [-0.4, -0.2) is 42.8 Å². The number of hydrogen-bond acceptors (Lipinski definition) is 3. The molecule has 0 aliphatic carbocycles. The van der Waals surface area contributed by atoms with Crippen LogP contribution in [0.4, 0.5) is 5.69 Å². The van der Waals surface area contributed by atoms with E-state index in [4.69, 9.17) is 0 Å². The zero-order valence-electron chi connectivity index (χ0n) is 14.3. The summed E-state index contributed by atoms with van der Waals surface area (Å²) in [7, 11) is 1.52. The Labute approximate surface area is 146 Å². The molecule has 0 saturated carbocycles. The van der Waals surface area contributed by atoms with Crippen LogP contribution >= 0.6 is 0 Å². The average molecular weight is 339 g/mol. The quantitative estimate of drug-likeness (QED) is 0.843. The second-order valence-corrected chi connectivity index (χ2v) is 5.66. The van der Waals surface area contributed by atoms with E-state index in [9.17, 15) is 14.4 Å². The van der Waals surface area contributed by atoms with Crippen molar-refractivity contribution in [3.05, 3.63) is 65.7 Å². The predicted octanol–water partition coefficient (Wildman–Crippen LogP) is 1.82. The van der Waals surface area contributed by atoms with Gasteiger partial charge in [0.2, 0.25) is 11.8 Å². The van der Waals surface area contributed by atoms with Gasteiger partial charge in [0.15, 0.2) is 0 Å². The number of amides is 3. The highest BCUT2D eigenvalue weighted by Gasteiger charge is 2.15. The monoisotopic (exact) mass is 339 g/mol. The number of benzene rings is 2. The van der Waals surface area contributed by atoms with Crippen LogP contribution in [0.1, 0.15) is 15.9 Å². The Bertz CT molecular complexity index is 760. The molecule has 0 radical (unpaired) electrons. The van der Waals surface area contributed by atoms with Gasteiger partial charge in [-0.05, 0) is 30.7 Å². The standard InChI is InChI=1S/C19H21N3O3/c1-14-8-6-7-11-16(14)19(25)20-12-18(24)22(2)13-17(23)21-15-9-4-3-5-10-15/h3-11H,12-13H2,1-2H3,(H,20,25)(H,21,23). The summed E-state index contributed by atoms with van der Waals surface area (Å²) in [5, 5.41) is 5.29. The topological polar surface area (TPSA) is 78.5 Å². The summed E-state index contributed by atoms with van der Waals surface area (Å²) in [6.07, 6.45) is 0. The number of hydrogen-bond donors (Lipinski definition) is 2. The molecule has 0 atom stereocenters. The second-order valence-electron chi connectivity index (χ2n) is 5.66. The molecule has 0 spiro atoms. The molecule has 3 amide bonds. The van der Waals surface area contributed by atoms with E-state index in [2.05, 4.69) is 10.6 Å². The highest BCUT2D eigenvalue weighted by molar-refractivity contribution is 5.98. The first kappa shape index (κ1) is 18.2. The minimum absolute atomic E-state index is 0.0893. The van der Waals surface area contributed by atoms with Gasteiger partial charge in [0, 0.05) is 18.3 Å². The molecule has 2 rings (SSSR count). The fourth-order valence-electron chi connectivity index (χ4n) is 2.24.